The van der Waals surface area contributed by atoms with Crippen molar-refractivity contribution in [2.24, 2.45) is 0 Å². The fourth-order valence-corrected chi connectivity index (χ4v) is 3.16. The minimum absolute atomic E-state index is 0.177. The zero-order valence-electron chi connectivity index (χ0n) is 12.1. The van der Waals surface area contributed by atoms with Crippen LogP contribution in [0, 0.1) is 11.6 Å². The van der Waals surface area contributed by atoms with Crippen LogP contribution in [0.25, 0.3) is 0 Å². The van der Waals surface area contributed by atoms with Gasteiger partial charge in [0.1, 0.15) is 11.6 Å². The van der Waals surface area contributed by atoms with Crippen LogP contribution in [0.2, 0.25) is 5.02 Å². The van der Waals surface area contributed by atoms with Crippen molar-refractivity contribution in [3.05, 3.63) is 64.2 Å². The average molecular weight is 338 g/mol. The van der Waals surface area contributed by atoms with Crippen molar-refractivity contribution in [1.82, 2.24) is 0 Å². The molecule has 1 saturated heterocycles. The molecule has 3 nitrogen and oxygen atoms in total. The number of anilines is 1. The smallest absolute Gasteiger partial charge is 0.338 e. The number of hydrogen-bond donors (Lipinski definition) is 1. The maximum atomic E-state index is 14.3. The first-order valence-corrected chi connectivity index (χ1v) is 7.57. The lowest BCUT2D eigenvalue weighted by atomic mass is 9.96. The summed E-state index contributed by atoms with van der Waals surface area (Å²) < 4.78 is 28.3. The summed E-state index contributed by atoms with van der Waals surface area (Å²) in [7, 11) is 0. The highest BCUT2D eigenvalue weighted by molar-refractivity contribution is 6.30. The fourth-order valence-electron chi connectivity index (χ4n) is 3.00. The molecule has 6 heteroatoms. The minimum atomic E-state index is -1.29. The lowest BCUT2D eigenvalue weighted by molar-refractivity contribution is 0.0691. The Kier molecular flexibility index (Phi) is 4.22. The summed E-state index contributed by atoms with van der Waals surface area (Å²) in [6.45, 7) is 0.999. The van der Waals surface area contributed by atoms with Gasteiger partial charge in [-0.05, 0) is 36.2 Å². The molecule has 1 N–H and O–H groups in total. The van der Waals surface area contributed by atoms with Crippen LogP contribution in [0.4, 0.5) is 14.5 Å². The van der Waals surface area contributed by atoms with E-state index in [2.05, 4.69) is 0 Å². The van der Waals surface area contributed by atoms with E-state index in [-0.39, 0.29) is 11.5 Å². The zero-order valence-corrected chi connectivity index (χ0v) is 12.9. The molecular weight excluding hydrogens is 324 g/mol. The van der Waals surface area contributed by atoms with Crippen LogP contribution in [0.15, 0.2) is 36.4 Å². The molecule has 120 valence electrons. The topological polar surface area (TPSA) is 40.5 Å². The van der Waals surface area contributed by atoms with E-state index in [4.69, 9.17) is 16.7 Å². The number of benzene rings is 2. The molecule has 23 heavy (non-hydrogen) atoms. The van der Waals surface area contributed by atoms with E-state index in [0.29, 0.717) is 35.8 Å². The Bertz CT molecular complexity index is 766. The maximum absolute atomic E-state index is 14.3. The number of nitrogens with zero attached hydrogens (tertiary/aromatic N) is 1. The monoisotopic (exact) mass is 337 g/mol. The van der Waals surface area contributed by atoms with Gasteiger partial charge >= 0.3 is 5.97 Å². The van der Waals surface area contributed by atoms with Gasteiger partial charge in [0.15, 0.2) is 0 Å². The van der Waals surface area contributed by atoms with Crippen molar-refractivity contribution in [3.8, 4) is 0 Å². The predicted octanol–water partition coefficient (Wildman–Crippen LogP) is 4.31. The molecule has 0 radical (unpaired) electrons. The van der Waals surface area contributed by atoms with Crippen LogP contribution in [0.3, 0.4) is 0 Å². The molecule has 0 amide bonds. The minimum Gasteiger partial charge on any atom is -0.478 e. The van der Waals surface area contributed by atoms with Gasteiger partial charge < -0.3 is 10.0 Å². The van der Waals surface area contributed by atoms with Crippen molar-refractivity contribution < 1.29 is 18.7 Å². The largest absolute Gasteiger partial charge is 0.478 e. The van der Waals surface area contributed by atoms with Gasteiger partial charge in [-0.25, -0.2) is 13.6 Å². The number of rotatable bonds is 3. The van der Waals surface area contributed by atoms with E-state index < -0.39 is 17.6 Å². The first kappa shape index (κ1) is 15.7. The van der Waals surface area contributed by atoms with Crippen LogP contribution in [0.1, 0.15) is 28.3 Å². The number of carboxylic acids is 1. The van der Waals surface area contributed by atoms with E-state index in [1.165, 1.54) is 18.2 Å². The van der Waals surface area contributed by atoms with Crippen LogP contribution in [-0.2, 0) is 0 Å². The van der Waals surface area contributed by atoms with Gasteiger partial charge in [-0.15, -0.1) is 0 Å². The van der Waals surface area contributed by atoms with E-state index in [0.717, 1.165) is 0 Å². The molecule has 1 aliphatic rings. The predicted molar refractivity (Wildman–Crippen MR) is 84.3 cm³/mol. The number of carbonyl (C=O) groups is 1. The number of carboxylic acid groups (broad SMARTS) is 1. The normalized spacial score (nSPS) is 17.5. The molecule has 0 saturated carbocycles. The summed E-state index contributed by atoms with van der Waals surface area (Å²) in [5.74, 6) is -2.59. The van der Waals surface area contributed by atoms with Gasteiger partial charge in [0, 0.05) is 24.0 Å². The molecule has 0 bridgehead atoms. The van der Waals surface area contributed by atoms with Crippen LogP contribution in [-0.4, -0.2) is 24.2 Å². The highest BCUT2D eigenvalue weighted by Crippen LogP contribution is 2.34. The number of hydrogen-bond acceptors (Lipinski definition) is 2. The third-order valence-electron chi connectivity index (χ3n) is 4.14. The zero-order chi connectivity index (χ0) is 16.6. The van der Waals surface area contributed by atoms with E-state index in [9.17, 15) is 13.6 Å². The molecule has 1 unspecified atom stereocenters. The lowest BCUT2D eigenvalue weighted by Crippen LogP contribution is -2.20. The quantitative estimate of drug-likeness (QED) is 0.907. The Morgan fingerprint density at radius 2 is 2.04 bits per heavy atom. The van der Waals surface area contributed by atoms with E-state index >= 15 is 0 Å². The summed E-state index contributed by atoms with van der Waals surface area (Å²) in [5.41, 5.74) is 0.451. The highest BCUT2D eigenvalue weighted by atomic mass is 35.5. The molecular formula is C17H14ClF2NO2. The summed E-state index contributed by atoms with van der Waals surface area (Å²) in [6.07, 6.45) is 0.627. The van der Waals surface area contributed by atoms with Crippen LogP contribution < -0.4 is 4.90 Å². The molecule has 1 atom stereocenters. The van der Waals surface area contributed by atoms with Gasteiger partial charge in [-0.1, -0.05) is 23.7 Å². The molecule has 2 aromatic carbocycles. The average Bonchev–Trinajstić information content (AvgIpc) is 2.96. The second kappa shape index (κ2) is 6.16. The van der Waals surface area contributed by atoms with Gasteiger partial charge in [0.05, 0.1) is 11.3 Å². The molecule has 2 aromatic rings. The number of aromatic carboxylic acids is 1. The summed E-state index contributed by atoms with van der Waals surface area (Å²) in [4.78, 5) is 12.9. The van der Waals surface area contributed by atoms with Crippen molar-refractivity contribution in [3.63, 3.8) is 0 Å². The fraction of sp³-hybridized carbons (Fsp3) is 0.235. The van der Waals surface area contributed by atoms with Gasteiger partial charge in [0.25, 0.3) is 0 Å². The van der Waals surface area contributed by atoms with Crippen molar-refractivity contribution in [1.29, 1.82) is 0 Å². The molecule has 1 aliphatic heterocycles. The number of halogens is 3. The molecule has 0 aliphatic carbocycles. The third-order valence-corrected chi connectivity index (χ3v) is 4.37. The maximum Gasteiger partial charge on any atom is 0.338 e. The van der Waals surface area contributed by atoms with Crippen LogP contribution >= 0.6 is 11.6 Å². The molecule has 0 spiro atoms. The molecule has 3 rings (SSSR count). The Balaban J connectivity index is 1.86. The first-order valence-electron chi connectivity index (χ1n) is 7.19. The van der Waals surface area contributed by atoms with Gasteiger partial charge in [0.2, 0.25) is 0 Å². The van der Waals surface area contributed by atoms with Crippen molar-refractivity contribution in [2.45, 2.75) is 12.3 Å². The highest BCUT2D eigenvalue weighted by Gasteiger charge is 2.29. The molecule has 1 heterocycles. The van der Waals surface area contributed by atoms with Crippen molar-refractivity contribution in [2.75, 3.05) is 18.0 Å². The Morgan fingerprint density at radius 3 is 2.74 bits per heavy atom. The second-order valence-electron chi connectivity index (χ2n) is 5.54. The first-order chi connectivity index (χ1) is 11.0. The molecule has 1 fully saturated rings. The summed E-state index contributed by atoms with van der Waals surface area (Å²) in [6, 6.07) is 8.83. The Morgan fingerprint density at radius 1 is 1.26 bits per heavy atom. The van der Waals surface area contributed by atoms with Gasteiger partial charge in [-0.2, -0.15) is 0 Å². The summed E-state index contributed by atoms with van der Waals surface area (Å²) in [5, 5.41) is 9.33. The van der Waals surface area contributed by atoms with E-state index in [1.807, 2.05) is 4.90 Å². The van der Waals surface area contributed by atoms with E-state index in [1.54, 1.807) is 18.2 Å². The Labute approximate surface area is 137 Å². The molecule has 0 aromatic heterocycles. The Hall–Kier alpha value is -2.14. The SMILES string of the molecule is O=C(O)c1cccc(C2CCN(c3ccc(Cl)cc3F)C2)c1F. The van der Waals surface area contributed by atoms with Crippen LogP contribution in [0.5, 0.6) is 0 Å². The standard InChI is InChI=1S/C17H14ClF2NO2/c18-11-4-5-15(14(19)8-11)21-7-6-10(9-21)12-2-1-3-13(16(12)20)17(22)23/h1-5,8,10H,6-7,9H2,(H,22,23). The second-order valence-corrected chi connectivity index (χ2v) is 5.98. The summed E-state index contributed by atoms with van der Waals surface area (Å²) >= 11 is 5.75. The van der Waals surface area contributed by atoms with Gasteiger partial charge in [-0.3, -0.25) is 0 Å². The van der Waals surface area contributed by atoms with Crippen molar-refractivity contribution >= 4 is 23.3 Å². The third kappa shape index (κ3) is 3.01. The lowest BCUT2D eigenvalue weighted by Gasteiger charge is -2.20.